The van der Waals surface area contributed by atoms with Gasteiger partial charge in [0.25, 0.3) is 11.8 Å². The molecule has 0 spiro atoms. The summed E-state index contributed by atoms with van der Waals surface area (Å²) < 4.78 is 94.9. The van der Waals surface area contributed by atoms with E-state index in [0.29, 0.717) is 0 Å². The van der Waals surface area contributed by atoms with E-state index in [2.05, 4.69) is 9.40 Å². The molecule has 1 fully saturated rings. The number of nitrogens with zero attached hydrogens (tertiary/aromatic N) is 1. The molecular formula is C12H11F7N2O2. The van der Waals surface area contributed by atoms with Gasteiger partial charge in [-0.25, -0.2) is 4.39 Å². The lowest BCUT2D eigenvalue weighted by Gasteiger charge is -2.33. The summed E-state index contributed by atoms with van der Waals surface area (Å²) in [6.45, 7) is 0. The second kappa shape index (κ2) is 5.38. The van der Waals surface area contributed by atoms with E-state index in [9.17, 15) is 35.5 Å². The Bertz CT molecular complexity index is 613. The fraction of sp³-hybridized carbons (Fsp3) is 0.667. The number of hydrogen-bond acceptors (Lipinski definition) is 3. The SMILES string of the molecule is NC(=O)C1(c2oc(C(F)(F)C(F)(F)F)nc2F)CCCC(F)C1. The van der Waals surface area contributed by atoms with Gasteiger partial charge in [0.1, 0.15) is 11.6 Å². The summed E-state index contributed by atoms with van der Waals surface area (Å²) in [6.07, 6.45) is -8.52. The number of primary amides is 1. The van der Waals surface area contributed by atoms with Gasteiger partial charge in [0.05, 0.1) is 0 Å². The van der Waals surface area contributed by atoms with Crippen molar-refractivity contribution in [3.05, 3.63) is 17.6 Å². The van der Waals surface area contributed by atoms with Gasteiger partial charge < -0.3 is 10.2 Å². The maximum Gasteiger partial charge on any atom is 0.463 e. The normalized spacial score (nSPS) is 26.3. The average molecular weight is 348 g/mol. The lowest BCUT2D eigenvalue weighted by atomic mass is 9.71. The number of amides is 1. The van der Waals surface area contributed by atoms with Crippen molar-refractivity contribution in [1.82, 2.24) is 4.98 Å². The minimum absolute atomic E-state index is 0.0242. The van der Waals surface area contributed by atoms with Crippen molar-refractivity contribution >= 4 is 5.91 Å². The second-order valence-corrected chi connectivity index (χ2v) is 5.35. The van der Waals surface area contributed by atoms with Crippen molar-refractivity contribution in [1.29, 1.82) is 0 Å². The lowest BCUT2D eigenvalue weighted by Crippen LogP contribution is -2.45. The van der Waals surface area contributed by atoms with E-state index in [1.165, 1.54) is 0 Å². The number of aromatic nitrogens is 1. The van der Waals surface area contributed by atoms with Crippen molar-refractivity contribution in [3.8, 4) is 0 Å². The number of nitrogens with two attached hydrogens (primary N) is 1. The van der Waals surface area contributed by atoms with Crippen LogP contribution in [0, 0.1) is 5.95 Å². The third kappa shape index (κ3) is 2.76. The molecule has 11 heteroatoms. The molecule has 0 aliphatic heterocycles. The van der Waals surface area contributed by atoms with Crippen LogP contribution in [0.25, 0.3) is 0 Å². The van der Waals surface area contributed by atoms with Gasteiger partial charge in [0.2, 0.25) is 5.91 Å². The van der Waals surface area contributed by atoms with Gasteiger partial charge in [-0.2, -0.15) is 31.3 Å². The summed E-state index contributed by atoms with van der Waals surface area (Å²) in [7, 11) is 0. The number of alkyl halides is 6. The summed E-state index contributed by atoms with van der Waals surface area (Å²) in [4.78, 5) is 14.1. The first kappa shape index (κ1) is 17.5. The summed E-state index contributed by atoms with van der Waals surface area (Å²) >= 11 is 0. The van der Waals surface area contributed by atoms with Crippen LogP contribution >= 0.6 is 0 Å². The largest absolute Gasteiger partial charge is 0.463 e. The molecular weight excluding hydrogens is 337 g/mol. The molecule has 2 N–H and O–H groups in total. The third-order valence-corrected chi connectivity index (χ3v) is 3.81. The maximum atomic E-state index is 13.8. The Labute approximate surface area is 124 Å². The molecule has 1 aromatic rings. The Hall–Kier alpha value is -1.81. The molecule has 4 nitrogen and oxygen atoms in total. The highest BCUT2D eigenvalue weighted by molar-refractivity contribution is 5.86. The summed E-state index contributed by atoms with van der Waals surface area (Å²) in [5.74, 6) is -12.1. The van der Waals surface area contributed by atoms with Crippen molar-refractivity contribution in [2.75, 3.05) is 0 Å². The molecule has 1 heterocycles. The molecule has 1 amide bonds. The highest BCUT2D eigenvalue weighted by Gasteiger charge is 2.63. The fourth-order valence-electron chi connectivity index (χ4n) is 2.60. The number of carbonyl (C=O) groups is 1. The molecule has 23 heavy (non-hydrogen) atoms. The monoisotopic (exact) mass is 348 g/mol. The molecule has 0 saturated heterocycles. The van der Waals surface area contributed by atoms with Gasteiger partial charge in [-0.3, -0.25) is 4.79 Å². The Balaban J connectivity index is 2.53. The Morgan fingerprint density at radius 3 is 2.39 bits per heavy atom. The first-order valence-electron chi connectivity index (χ1n) is 6.47. The minimum atomic E-state index is -6.07. The molecule has 2 rings (SSSR count). The number of carbonyl (C=O) groups excluding carboxylic acids is 1. The van der Waals surface area contributed by atoms with Crippen LogP contribution in [0.2, 0.25) is 0 Å². The number of hydrogen-bond donors (Lipinski definition) is 1. The highest BCUT2D eigenvalue weighted by Crippen LogP contribution is 2.47. The second-order valence-electron chi connectivity index (χ2n) is 5.35. The van der Waals surface area contributed by atoms with E-state index in [-0.39, 0.29) is 19.3 Å². The number of halogens is 7. The average Bonchev–Trinajstić information content (AvgIpc) is 2.80. The Morgan fingerprint density at radius 1 is 1.30 bits per heavy atom. The first-order chi connectivity index (χ1) is 10.4. The molecule has 0 bridgehead atoms. The smallest absolute Gasteiger partial charge is 0.435 e. The third-order valence-electron chi connectivity index (χ3n) is 3.81. The molecule has 2 unspecified atom stereocenters. The van der Waals surface area contributed by atoms with Crippen LogP contribution in [0.4, 0.5) is 30.7 Å². The fourth-order valence-corrected chi connectivity index (χ4v) is 2.60. The zero-order valence-corrected chi connectivity index (χ0v) is 11.4. The van der Waals surface area contributed by atoms with Crippen LogP contribution in [-0.2, 0) is 16.1 Å². The molecule has 2 atom stereocenters. The Kier molecular flexibility index (Phi) is 4.10. The van der Waals surface area contributed by atoms with E-state index >= 15 is 0 Å². The van der Waals surface area contributed by atoms with Crippen LogP contribution < -0.4 is 5.73 Å². The van der Waals surface area contributed by atoms with E-state index in [0.717, 1.165) is 0 Å². The van der Waals surface area contributed by atoms with Crippen molar-refractivity contribution in [2.24, 2.45) is 5.73 Å². The van der Waals surface area contributed by atoms with E-state index in [1.54, 1.807) is 0 Å². The van der Waals surface area contributed by atoms with Gasteiger partial charge in [-0.15, -0.1) is 0 Å². The molecule has 1 aliphatic carbocycles. The van der Waals surface area contributed by atoms with Gasteiger partial charge in [-0.1, -0.05) is 0 Å². The minimum Gasteiger partial charge on any atom is -0.435 e. The van der Waals surface area contributed by atoms with Gasteiger partial charge in [-0.05, 0) is 19.3 Å². The highest BCUT2D eigenvalue weighted by atomic mass is 19.4. The maximum absolute atomic E-state index is 13.8. The Morgan fingerprint density at radius 2 is 1.91 bits per heavy atom. The van der Waals surface area contributed by atoms with Gasteiger partial charge >= 0.3 is 12.1 Å². The quantitative estimate of drug-likeness (QED) is 0.854. The van der Waals surface area contributed by atoms with E-state index in [1.807, 2.05) is 0 Å². The number of rotatable bonds is 3. The molecule has 0 radical (unpaired) electrons. The molecule has 0 aromatic carbocycles. The zero-order chi connectivity index (χ0) is 17.6. The predicted molar refractivity (Wildman–Crippen MR) is 60.6 cm³/mol. The van der Waals surface area contributed by atoms with Crippen LogP contribution in [0.3, 0.4) is 0 Å². The summed E-state index contributed by atoms with van der Waals surface area (Å²) in [6, 6.07) is 0. The van der Waals surface area contributed by atoms with E-state index in [4.69, 9.17) is 5.73 Å². The van der Waals surface area contributed by atoms with Crippen LogP contribution in [0.5, 0.6) is 0 Å². The molecule has 130 valence electrons. The molecule has 1 saturated carbocycles. The van der Waals surface area contributed by atoms with Crippen LogP contribution in [0.1, 0.15) is 37.3 Å². The first-order valence-corrected chi connectivity index (χ1v) is 6.47. The summed E-state index contributed by atoms with van der Waals surface area (Å²) in [5, 5.41) is 0. The topological polar surface area (TPSA) is 69.1 Å². The standard InChI is InChI=1S/C12H11F7N2O2/c13-5-2-1-3-10(4-5,8(20)22)6-7(14)21-9(23-6)11(15,16)12(17,18)19/h5H,1-4H2,(H2,20,22). The van der Waals surface area contributed by atoms with Crippen molar-refractivity contribution in [3.63, 3.8) is 0 Å². The van der Waals surface area contributed by atoms with E-state index < -0.39 is 53.6 Å². The van der Waals surface area contributed by atoms with Gasteiger partial charge in [0.15, 0.2) is 5.76 Å². The number of oxazole rings is 1. The predicted octanol–water partition coefficient (Wildman–Crippen LogP) is 3.10. The lowest BCUT2D eigenvalue weighted by molar-refractivity contribution is -0.297. The van der Waals surface area contributed by atoms with Crippen molar-refractivity contribution < 1.29 is 39.9 Å². The van der Waals surface area contributed by atoms with Crippen LogP contribution in [-0.4, -0.2) is 23.2 Å². The molecule has 1 aliphatic rings. The molecule has 1 aromatic heterocycles. The summed E-state index contributed by atoms with van der Waals surface area (Å²) in [5.41, 5.74) is 2.96. The van der Waals surface area contributed by atoms with Gasteiger partial charge in [0, 0.05) is 6.42 Å². The van der Waals surface area contributed by atoms with Crippen LogP contribution in [0.15, 0.2) is 4.42 Å². The van der Waals surface area contributed by atoms with Crippen molar-refractivity contribution in [2.45, 2.75) is 49.4 Å². The zero-order valence-electron chi connectivity index (χ0n) is 11.4.